The van der Waals surface area contributed by atoms with Crippen molar-refractivity contribution in [1.82, 2.24) is 19.1 Å². The van der Waals surface area contributed by atoms with E-state index in [0.717, 1.165) is 28.4 Å². The molecule has 0 unspecified atom stereocenters. The molecule has 0 saturated carbocycles. The van der Waals surface area contributed by atoms with Crippen molar-refractivity contribution >= 4 is 17.1 Å². The molecule has 5 heteroatoms. The van der Waals surface area contributed by atoms with E-state index in [1.54, 1.807) is 25.0 Å². The van der Waals surface area contributed by atoms with Crippen LogP contribution >= 0.6 is 0 Å². The van der Waals surface area contributed by atoms with E-state index in [9.17, 15) is 0 Å². The second kappa shape index (κ2) is 7.48. The summed E-state index contributed by atoms with van der Waals surface area (Å²) in [7, 11) is 0. The Labute approximate surface area is 169 Å². The van der Waals surface area contributed by atoms with Gasteiger partial charge < -0.3 is 14.0 Å². The molecule has 5 nitrogen and oxygen atoms in total. The summed E-state index contributed by atoms with van der Waals surface area (Å²) in [5.74, 6) is 0. The first-order valence-electron chi connectivity index (χ1n) is 9.40. The van der Waals surface area contributed by atoms with Gasteiger partial charge in [0, 0.05) is 53.2 Å². The van der Waals surface area contributed by atoms with Crippen LogP contribution in [0.4, 0.5) is 17.1 Å². The van der Waals surface area contributed by atoms with E-state index in [-0.39, 0.29) is 0 Å². The van der Waals surface area contributed by atoms with Gasteiger partial charge in [-0.2, -0.15) is 0 Å². The lowest BCUT2D eigenvalue weighted by atomic mass is 10.1. The Hall–Kier alpha value is -4.12. The minimum atomic E-state index is 1.08. The third kappa shape index (κ3) is 3.41. The Morgan fingerprint density at radius 2 is 0.966 bits per heavy atom. The summed E-state index contributed by atoms with van der Waals surface area (Å²) in [6, 6.07) is 27.3. The molecule has 140 valence electrons. The summed E-state index contributed by atoms with van der Waals surface area (Å²) in [4.78, 5) is 10.5. The van der Waals surface area contributed by atoms with Gasteiger partial charge in [0.05, 0.1) is 12.7 Å². The second-order valence-electron chi connectivity index (χ2n) is 6.64. The van der Waals surface area contributed by atoms with Crippen molar-refractivity contribution in [2.75, 3.05) is 4.90 Å². The van der Waals surface area contributed by atoms with E-state index in [1.807, 2.05) is 27.6 Å². The van der Waals surface area contributed by atoms with Crippen molar-refractivity contribution in [2.24, 2.45) is 0 Å². The number of rotatable bonds is 5. The minimum Gasteiger partial charge on any atom is -0.311 e. The molecule has 0 amide bonds. The van der Waals surface area contributed by atoms with E-state index >= 15 is 0 Å². The van der Waals surface area contributed by atoms with Crippen molar-refractivity contribution in [1.29, 1.82) is 0 Å². The number of hydrogen-bond acceptors (Lipinski definition) is 3. The molecule has 5 aromatic rings. The summed E-state index contributed by atoms with van der Waals surface area (Å²) in [6.07, 6.45) is 11.1. The fourth-order valence-corrected chi connectivity index (χ4v) is 3.40. The Kier molecular flexibility index (Phi) is 4.39. The molecule has 0 fully saturated rings. The second-order valence-corrected chi connectivity index (χ2v) is 6.64. The molecule has 2 heterocycles. The third-order valence-corrected chi connectivity index (χ3v) is 4.84. The van der Waals surface area contributed by atoms with Gasteiger partial charge >= 0.3 is 0 Å². The van der Waals surface area contributed by atoms with E-state index in [0.29, 0.717) is 0 Å². The van der Waals surface area contributed by atoms with Crippen molar-refractivity contribution in [3.63, 3.8) is 0 Å². The van der Waals surface area contributed by atoms with Gasteiger partial charge in [-0.15, -0.1) is 0 Å². The first-order valence-corrected chi connectivity index (χ1v) is 9.40. The third-order valence-electron chi connectivity index (χ3n) is 4.84. The number of hydrogen-bond donors (Lipinski definition) is 0. The Morgan fingerprint density at radius 3 is 1.38 bits per heavy atom. The van der Waals surface area contributed by atoms with Crippen LogP contribution in [0, 0.1) is 0 Å². The number of para-hydroxylation sites is 1. The molecule has 0 aliphatic rings. The predicted octanol–water partition coefficient (Wildman–Crippen LogP) is 5.53. The molecule has 0 aliphatic heterocycles. The first kappa shape index (κ1) is 17.0. The summed E-state index contributed by atoms with van der Waals surface area (Å²) < 4.78 is 3.99. The molecular formula is C24H19N5. The smallest absolute Gasteiger partial charge is 0.0991 e. The maximum atomic E-state index is 4.13. The zero-order valence-electron chi connectivity index (χ0n) is 15.7. The van der Waals surface area contributed by atoms with Gasteiger partial charge in [0.2, 0.25) is 0 Å². The fourth-order valence-electron chi connectivity index (χ4n) is 3.40. The summed E-state index contributed by atoms with van der Waals surface area (Å²) >= 11 is 0. The summed E-state index contributed by atoms with van der Waals surface area (Å²) in [5.41, 5.74) is 5.45. The van der Waals surface area contributed by atoms with Gasteiger partial charge in [-0.1, -0.05) is 18.2 Å². The SMILES string of the molecule is c1ccc(N(c2ccc(-n3ccnc3)cc2)c2ccc(-n3ccnc3)cc2)cc1. The molecule has 5 rings (SSSR count). The first-order chi connectivity index (χ1) is 14.4. The lowest BCUT2D eigenvalue weighted by Gasteiger charge is -2.26. The largest absolute Gasteiger partial charge is 0.311 e. The lowest BCUT2D eigenvalue weighted by Crippen LogP contribution is -2.10. The standard InChI is InChI=1S/C24H19N5/c1-2-4-22(5-3-1)29(23-10-6-20(7-11-23)27-16-14-25-18-27)24-12-8-21(9-13-24)28-17-15-26-19-28/h1-19H. The molecule has 0 atom stereocenters. The number of aromatic nitrogens is 4. The molecule has 0 saturated heterocycles. The van der Waals surface area contributed by atoms with Gasteiger partial charge in [0.25, 0.3) is 0 Å². The summed E-state index contributed by atoms with van der Waals surface area (Å²) in [5, 5.41) is 0. The van der Waals surface area contributed by atoms with Gasteiger partial charge in [-0.25, -0.2) is 9.97 Å². The topological polar surface area (TPSA) is 38.9 Å². The zero-order chi connectivity index (χ0) is 19.5. The highest BCUT2D eigenvalue weighted by molar-refractivity contribution is 5.77. The maximum Gasteiger partial charge on any atom is 0.0991 e. The van der Waals surface area contributed by atoms with Crippen LogP contribution < -0.4 is 4.90 Å². The van der Waals surface area contributed by atoms with Crippen LogP contribution in [-0.2, 0) is 0 Å². The highest BCUT2D eigenvalue weighted by atomic mass is 15.1. The van der Waals surface area contributed by atoms with Gasteiger partial charge in [0.1, 0.15) is 0 Å². The molecule has 0 radical (unpaired) electrons. The molecule has 0 N–H and O–H groups in total. The molecule has 29 heavy (non-hydrogen) atoms. The number of nitrogens with zero attached hydrogens (tertiary/aromatic N) is 5. The number of anilines is 3. The van der Waals surface area contributed by atoms with Crippen molar-refractivity contribution < 1.29 is 0 Å². The van der Waals surface area contributed by atoms with Crippen LogP contribution in [0.15, 0.2) is 116 Å². The molecule has 2 aromatic heterocycles. The van der Waals surface area contributed by atoms with E-state index < -0.39 is 0 Å². The van der Waals surface area contributed by atoms with Crippen LogP contribution in [0.1, 0.15) is 0 Å². The van der Waals surface area contributed by atoms with Gasteiger partial charge in [-0.05, 0) is 60.7 Å². The quantitative estimate of drug-likeness (QED) is 0.404. The molecular weight excluding hydrogens is 358 g/mol. The van der Waals surface area contributed by atoms with Crippen LogP contribution in [-0.4, -0.2) is 19.1 Å². The van der Waals surface area contributed by atoms with Crippen LogP contribution in [0.2, 0.25) is 0 Å². The van der Waals surface area contributed by atoms with Crippen molar-refractivity contribution in [3.05, 3.63) is 116 Å². The van der Waals surface area contributed by atoms with Crippen LogP contribution in [0.5, 0.6) is 0 Å². The molecule has 0 aliphatic carbocycles. The Morgan fingerprint density at radius 1 is 0.517 bits per heavy atom. The highest BCUT2D eigenvalue weighted by Gasteiger charge is 2.12. The monoisotopic (exact) mass is 377 g/mol. The number of imidazole rings is 2. The number of benzene rings is 3. The zero-order valence-corrected chi connectivity index (χ0v) is 15.7. The Bertz CT molecular complexity index is 1080. The van der Waals surface area contributed by atoms with Crippen LogP contribution in [0.3, 0.4) is 0 Å². The predicted molar refractivity (Wildman–Crippen MR) is 115 cm³/mol. The average Bonchev–Trinajstić information content (AvgIpc) is 3.51. The Balaban J connectivity index is 1.54. The molecule has 0 bridgehead atoms. The van der Waals surface area contributed by atoms with Crippen molar-refractivity contribution in [2.45, 2.75) is 0 Å². The van der Waals surface area contributed by atoms with Crippen molar-refractivity contribution in [3.8, 4) is 11.4 Å². The molecule has 0 spiro atoms. The minimum absolute atomic E-state index is 1.08. The maximum absolute atomic E-state index is 4.13. The summed E-state index contributed by atoms with van der Waals surface area (Å²) in [6.45, 7) is 0. The highest BCUT2D eigenvalue weighted by Crippen LogP contribution is 2.35. The van der Waals surface area contributed by atoms with E-state index in [2.05, 4.69) is 87.7 Å². The van der Waals surface area contributed by atoms with E-state index in [1.165, 1.54) is 0 Å². The lowest BCUT2D eigenvalue weighted by molar-refractivity contribution is 1.05. The van der Waals surface area contributed by atoms with Crippen LogP contribution in [0.25, 0.3) is 11.4 Å². The normalized spacial score (nSPS) is 10.8. The van der Waals surface area contributed by atoms with Gasteiger partial charge in [-0.3, -0.25) is 0 Å². The fraction of sp³-hybridized carbons (Fsp3) is 0. The van der Waals surface area contributed by atoms with Gasteiger partial charge in [0.15, 0.2) is 0 Å². The van der Waals surface area contributed by atoms with E-state index in [4.69, 9.17) is 0 Å². The average molecular weight is 377 g/mol. The molecule has 3 aromatic carbocycles.